The SMILES string of the molecule is CCC1CCCCC1NC(C)c1sc(C(C)(C)C)nc1C. The molecule has 0 aromatic carbocycles. The van der Waals surface area contributed by atoms with Crippen molar-refractivity contribution in [2.45, 2.75) is 91.1 Å². The van der Waals surface area contributed by atoms with Gasteiger partial charge in [-0.2, -0.15) is 0 Å². The van der Waals surface area contributed by atoms with Crippen molar-refractivity contribution in [3.8, 4) is 0 Å². The van der Waals surface area contributed by atoms with Crippen molar-refractivity contribution in [2.24, 2.45) is 5.92 Å². The van der Waals surface area contributed by atoms with Crippen LogP contribution in [0.2, 0.25) is 0 Å². The van der Waals surface area contributed by atoms with Gasteiger partial charge >= 0.3 is 0 Å². The molecule has 2 rings (SSSR count). The van der Waals surface area contributed by atoms with E-state index < -0.39 is 0 Å². The number of nitrogens with zero attached hydrogens (tertiary/aromatic N) is 1. The second kappa shape index (κ2) is 6.78. The van der Waals surface area contributed by atoms with E-state index >= 15 is 0 Å². The maximum Gasteiger partial charge on any atom is 0.0985 e. The van der Waals surface area contributed by atoms with Crippen LogP contribution < -0.4 is 5.32 Å². The number of rotatable bonds is 4. The van der Waals surface area contributed by atoms with Crippen LogP contribution in [-0.4, -0.2) is 11.0 Å². The van der Waals surface area contributed by atoms with Crippen molar-refractivity contribution in [1.29, 1.82) is 0 Å². The van der Waals surface area contributed by atoms with Crippen molar-refractivity contribution < 1.29 is 0 Å². The smallest absolute Gasteiger partial charge is 0.0985 e. The van der Waals surface area contributed by atoms with Crippen LogP contribution in [0.3, 0.4) is 0 Å². The molecule has 3 atom stereocenters. The van der Waals surface area contributed by atoms with Crippen molar-refractivity contribution in [2.75, 3.05) is 0 Å². The molecule has 1 saturated carbocycles. The summed E-state index contributed by atoms with van der Waals surface area (Å²) in [7, 11) is 0. The van der Waals surface area contributed by atoms with E-state index in [1.807, 2.05) is 11.3 Å². The van der Waals surface area contributed by atoms with Crippen LogP contribution >= 0.6 is 11.3 Å². The Hall–Kier alpha value is -0.410. The maximum absolute atomic E-state index is 4.81. The summed E-state index contributed by atoms with van der Waals surface area (Å²) in [6.07, 6.45) is 6.84. The molecule has 1 aliphatic rings. The van der Waals surface area contributed by atoms with Crippen LogP contribution in [0.25, 0.3) is 0 Å². The van der Waals surface area contributed by atoms with Gasteiger partial charge in [0.25, 0.3) is 0 Å². The van der Waals surface area contributed by atoms with Crippen molar-refractivity contribution in [3.63, 3.8) is 0 Å². The molecule has 0 saturated heterocycles. The summed E-state index contributed by atoms with van der Waals surface area (Å²) in [6, 6.07) is 1.12. The van der Waals surface area contributed by atoms with E-state index in [9.17, 15) is 0 Å². The zero-order valence-corrected chi connectivity index (χ0v) is 15.4. The number of hydrogen-bond donors (Lipinski definition) is 1. The van der Waals surface area contributed by atoms with E-state index in [0.29, 0.717) is 12.1 Å². The lowest BCUT2D eigenvalue weighted by Crippen LogP contribution is -2.39. The minimum absolute atomic E-state index is 0.157. The van der Waals surface area contributed by atoms with Gasteiger partial charge in [0.2, 0.25) is 0 Å². The predicted molar refractivity (Wildman–Crippen MR) is 93.1 cm³/mol. The fourth-order valence-corrected chi connectivity index (χ4v) is 4.58. The molecule has 3 heteroatoms. The first-order valence-corrected chi connectivity index (χ1v) is 9.38. The van der Waals surface area contributed by atoms with Crippen molar-refractivity contribution >= 4 is 11.3 Å². The third-order valence-electron chi connectivity index (χ3n) is 4.76. The molecule has 2 nitrogen and oxygen atoms in total. The Morgan fingerprint density at radius 3 is 2.52 bits per heavy atom. The zero-order valence-electron chi connectivity index (χ0n) is 14.6. The molecule has 0 radical (unpaired) electrons. The van der Waals surface area contributed by atoms with Crippen LogP contribution in [0, 0.1) is 12.8 Å². The highest BCUT2D eigenvalue weighted by Gasteiger charge is 2.27. The van der Waals surface area contributed by atoms with Crippen molar-refractivity contribution in [1.82, 2.24) is 10.3 Å². The highest BCUT2D eigenvalue weighted by Crippen LogP contribution is 2.34. The van der Waals surface area contributed by atoms with Gasteiger partial charge in [-0.15, -0.1) is 11.3 Å². The number of nitrogens with one attached hydrogen (secondary N) is 1. The molecule has 0 bridgehead atoms. The Morgan fingerprint density at radius 1 is 1.29 bits per heavy atom. The van der Waals surface area contributed by atoms with Crippen LogP contribution in [0.5, 0.6) is 0 Å². The fraction of sp³-hybridized carbons (Fsp3) is 0.833. The van der Waals surface area contributed by atoms with E-state index in [1.54, 1.807) is 0 Å². The Kier molecular flexibility index (Phi) is 5.48. The first-order valence-electron chi connectivity index (χ1n) is 8.56. The van der Waals surface area contributed by atoms with E-state index in [-0.39, 0.29) is 5.41 Å². The summed E-state index contributed by atoms with van der Waals surface area (Å²) in [5, 5.41) is 5.18. The fourth-order valence-electron chi connectivity index (χ4n) is 3.44. The van der Waals surface area contributed by atoms with Crippen LogP contribution in [0.15, 0.2) is 0 Å². The largest absolute Gasteiger partial charge is 0.306 e. The molecule has 1 aromatic rings. The molecular weight excluding hydrogens is 276 g/mol. The average molecular weight is 309 g/mol. The number of aromatic nitrogens is 1. The molecule has 0 amide bonds. The molecule has 1 fully saturated rings. The molecule has 0 aliphatic heterocycles. The molecule has 120 valence electrons. The second-order valence-electron chi connectivity index (χ2n) is 7.67. The van der Waals surface area contributed by atoms with Gasteiger partial charge in [0, 0.05) is 22.4 Å². The summed E-state index contributed by atoms with van der Waals surface area (Å²) in [5.74, 6) is 0.858. The topological polar surface area (TPSA) is 24.9 Å². The third kappa shape index (κ3) is 4.07. The van der Waals surface area contributed by atoms with Gasteiger partial charge in [0.1, 0.15) is 0 Å². The lowest BCUT2D eigenvalue weighted by Gasteiger charge is -2.33. The van der Waals surface area contributed by atoms with E-state index in [4.69, 9.17) is 4.98 Å². The first kappa shape index (κ1) is 17.0. The predicted octanol–water partition coefficient (Wildman–Crippen LogP) is 5.37. The number of aryl methyl sites for hydroxylation is 1. The Morgan fingerprint density at radius 2 is 1.95 bits per heavy atom. The molecule has 1 aliphatic carbocycles. The van der Waals surface area contributed by atoms with Crippen molar-refractivity contribution in [3.05, 3.63) is 15.6 Å². The summed E-state index contributed by atoms with van der Waals surface area (Å²) in [5.41, 5.74) is 1.37. The Balaban J connectivity index is 2.09. The minimum atomic E-state index is 0.157. The second-order valence-corrected chi connectivity index (χ2v) is 8.70. The van der Waals surface area contributed by atoms with E-state index in [1.165, 1.54) is 47.7 Å². The standard InChI is InChI=1S/C18H32N2S/c1-7-14-10-8-9-11-15(14)19-12(2)16-13(3)20-17(21-16)18(4,5)6/h12,14-15,19H,7-11H2,1-6H3. The van der Waals surface area contributed by atoms with Gasteiger partial charge in [0.05, 0.1) is 10.7 Å². The summed E-state index contributed by atoms with van der Waals surface area (Å²) < 4.78 is 0. The van der Waals surface area contributed by atoms with Crippen LogP contribution in [0.1, 0.15) is 88.3 Å². The zero-order chi connectivity index (χ0) is 15.6. The molecular formula is C18H32N2S. The van der Waals surface area contributed by atoms with Crippen LogP contribution in [0.4, 0.5) is 0 Å². The summed E-state index contributed by atoms with van der Waals surface area (Å²) in [6.45, 7) is 13.6. The normalized spacial score (nSPS) is 25.0. The number of thiazole rings is 1. The molecule has 1 heterocycles. The quantitative estimate of drug-likeness (QED) is 0.809. The minimum Gasteiger partial charge on any atom is -0.306 e. The van der Waals surface area contributed by atoms with E-state index in [0.717, 1.165) is 5.92 Å². The number of hydrogen-bond acceptors (Lipinski definition) is 3. The van der Waals surface area contributed by atoms with E-state index in [2.05, 4.69) is 46.9 Å². The maximum atomic E-state index is 4.81. The lowest BCUT2D eigenvalue weighted by molar-refractivity contribution is 0.241. The van der Waals surface area contributed by atoms with Gasteiger partial charge in [-0.3, -0.25) is 0 Å². The molecule has 1 aromatic heterocycles. The Labute approximate surface area is 134 Å². The van der Waals surface area contributed by atoms with Crippen LogP contribution in [-0.2, 0) is 5.41 Å². The summed E-state index contributed by atoms with van der Waals surface area (Å²) in [4.78, 5) is 6.24. The molecule has 1 N–H and O–H groups in total. The highest BCUT2D eigenvalue weighted by molar-refractivity contribution is 7.12. The molecule has 21 heavy (non-hydrogen) atoms. The van der Waals surface area contributed by atoms with Gasteiger partial charge in [-0.25, -0.2) is 4.98 Å². The Bertz CT molecular complexity index is 458. The van der Waals surface area contributed by atoms with Gasteiger partial charge in [0.15, 0.2) is 0 Å². The average Bonchev–Trinajstić information content (AvgIpc) is 2.81. The van der Waals surface area contributed by atoms with Gasteiger partial charge in [-0.05, 0) is 32.6 Å². The highest BCUT2D eigenvalue weighted by atomic mass is 32.1. The first-order chi connectivity index (χ1) is 9.82. The van der Waals surface area contributed by atoms with Gasteiger partial charge < -0.3 is 5.32 Å². The third-order valence-corrected chi connectivity index (χ3v) is 6.53. The monoisotopic (exact) mass is 308 g/mol. The molecule has 3 unspecified atom stereocenters. The molecule has 0 spiro atoms. The van der Waals surface area contributed by atoms with Gasteiger partial charge in [-0.1, -0.05) is 47.0 Å². The lowest BCUT2D eigenvalue weighted by atomic mass is 9.82. The summed E-state index contributed by atoms with van der Waals surface area (Å²) >= 11 is 1.90.